The molecule has 0 aromatic heterocycles. The zero-order chi connectivity index (χ0) is 14.3. The van der Waals surface area contributed by atoms with E-state index in [0.29, 0.717) is 12.8 Å². The maximum atomic E-state index is 12.0. The summed E-state index contributed by atoms with van der Waals surface area (Å²) < 4.78 is 4.91. The first-order chi connectivity index (χ1) is 9.07. The average Bonchev–Trinajstić information content (AvgIpc) is 2.61. The number of methoxy groups -OCH3 is 1. The lowest BCUT2D eigenvalue weighted by molar-refractivity contribution is -0.157. The highest BCUT2D eigenvalue weighted by molar-refractivity contribution is 5.73. The van der Waals surface area contributed by atoms with Gasteiger partial charge in [0.15, 0.2) is 0 Å². The predicted molar refractivity (Wildman–Crippen MR) is 75.9 cm³/mol. The first-order valence-electron chi connectivity index (χ1n) is 7.60. The Morgan fingerprint density at radius 1 is 1.37 bits per heavy atom. The molecule has 1 heterocycles. The van der Waals surface area contributed by atoms with E-state index in [1.807, 2.05) is 0 Å². The van der Waals surface area contributed by atoms with Crippen molar-refractivity contribution in [2.45, 2.75) is 58.0 Å². The Balaban J connectivity index is 2.76. The van der Waals surface area contributed by atoms with Crippen molar-refractivity contribution in [2.75, 3.05) is 26.7 Å². The number of hydrogen-bond acceptors (Lipinski definition) is 4. The van der Waals surface area contributed by atoms with Crippen molar-refractivity contribution < 1.29 is 14.6 Å². The summed E-state index contributed by atoms with van der Waals surface area (Å²) >= 11 is 0. The van der Waals surface area contributed by atoms with Crippen LogP contribution in [0.1, 0.15) is 52.4 Å². The summed E-state index contributed by atoms with van der Waals surface area (Å²) in [4.78, 5) is 14.3. The third kappa shape index (κ3) is 4.46. The molecule has 0 amide bonds. The summed E-state index contributed by atoms with van der Waals surface area (Å²) in [6.07, 6.45) is 5.04. The van der Waals surface area contributed by atoms with E-state index < -0.39 is 5.60 Å². The molecule has 0 aromatic rings. The molecule has 19 heavy (non-hydrogen) atoms. The van der Waals surface area contributed by atoms with Gasteiger partial charge in [-0.3, -0.25) is 4.79 Å². The summed E-state index contributed by atoms with van der Waals surface area (Å²) in [5.41, 5.74) is -0.883. The third-order valence-electron chi connectivity index (χ3n) is 4.37. The van der Waals surface area contributed by atoms with Crippen molar-refractivity contribution in [3.63, 3.8) is 0 Å². The zero-order valence-electron chi connectivity index (χ0n) is 12.7. The summed E-state index contributed by atoms with van der Waals surface area (Å²) in [7, 11) is 1.42. The zero-order valence-corrected chi connectivity index (χ0v) is 12.7. The first kappa shape index (κ1) is 16.4. The van der Waals surface area contributed by atoms with E-state index in [2.05, 4.69) is 18.7 Å². The second kappa shape index (κ2) is 7.85. The Morgan fingerprint density at radius 3 is 2.68 bits per heavy atom. The molecule has 2 atom stereocenters. The number of ether oxygens (including phenoxy) is 1. The maximum Gasteiger partial charge on any atom is 0.311 e. The third-order valence-corrected chi connectivity index (χ3v) is 4.37. The number of esters is 1. The molecule has 1 aliphatic heterocycles. The van der Waals surface area contributed by atoms with E-state index in [0.717, 1.165) is 45.3 Å². The molecule has 4 heteroatoms. The standard InChI is InChI=1S/C15H29NO3/c1-4-6-8-13(14(17)19-3)15(18)9-7-11-16(5-2)12-10-15/h13,18H,4-12H2,1-3H3. The average molecular weight is 271 g/mol. The summed E-state index contributed by atoms with van der Waals surface area (Å²) in [6, 6.07) is 0. The van der Waals surface area contributed by atoms with E-state index >= 15 is 0 Å². The van der Waals surface area contributed by atoms with E-state index in [9.17, 15) is 9.90 Å². The van der Waals surface area contributed by atoms with Crippen LogP contribution in [0.3, 0.4) is 0 Å². The van der Waals surface area contributed by atoms with Gasteiger partial charge in [0.25, 0.3) is 0 Å². The number of hydrogen-bond donors (Lipinski definition) is 1. The molecule has 0 radical (unpaired) electrons. The van der Waals surface area contributed by atoms with Crippen molar-refractivity contribution >= 4 is 5.97 Å². The Hall–Kier alpha value is -0.610. The number of rotatable bonds is 6. The van der Waals surface area contributed by atoms with Crippen LogP contribution in [0.25, 0.3) is 0 Å². The fourth-order valence-corrected chi connectivity index (χ4v) is 3.02. The molecule has 1 saturated heterocycles. The van der Waals surface area contributed by atoms with Crippen molar-refractivity contribution in [3.8, 4) is 0 Å². The minimum Gasteiger partial charge on any atom is -0.469 e. The van der Waals surface area contributed by atoms with Crippen molar-refractivity contribution in [2.24, 2.45) is 5.92 Å². The molecule has 0 aliphatic carbocycles. The van der Waals surface area contributed by atoms with Gasteiger partial charge in [-0.25, -0.2) is 0 Å². The molecular formula is C15H29NO3. The number of carbonyl (C=O) groups excluding carboxylic acids is 1. The summed E-state index contributed by atoms with van der Waals surface area (Å²) in [5.74, 6) is -0.616. The molecule has 1 N–H and O–H groups in total. The Labute approximate surface area is 117 Å². The monoisotopic (exact) mass is 271 g/mol. The highest BCUT2D eigenvalue weighted by Crippen LogP contribution is 2.34. The van der Waals surface area contributed by atoms with Crippen LogP contribution in [-0.4, -0.2) is 48.3 Å². The van der Waals surface area contributed by atoms with Gasteiger partial charge in [-0.15, -0.1) is 0 Å². The largest absolute Gasteiger partial charge is 0.469 e. The SMILES string of the molecule is CCCCC(C(=O)OC)C1(O)CCCN(CC)CC1. The molecule has 0 saturated carbocycles. The van der Waals surface area contributed by atoms with Crippen LogP contribution in [-0.2, 0) is 9.53 Å². The van der Waals surface area contributed by atoms with Gasteiger partial charge in [-0.2, -0.15) is 0 Å². The van der Waals surface area contributed by atoms with Gasteiger partial charge in [0.05, 0.1) is 18.6 Å². The smallest absolute Gasteiger partial charge is 0.311 e. The van der Waals surface area contributed by atoms with Gasteiger partial charge >= 0.3 is 5.97 Å². The molecular weight excluding hydrogens is 242 g/mol. The van der Waals surface area contributed by atoms with Gasteiger partial charge in [-0.05, 0) is 38.8 Å². The molecule has 112 valence electrons. The number of unbranched alkanes of at least 4 members (excludes halogenated alkanes) is 1. The van der Waals surface area contributed by atoms with E-state index in [1.54, 1.807) is 0 Å². The lowest BCUT2D eigenvalue weighted by Gasteiger charge is -2.34. The quantitative estimate of drug-likeness (QED) is 0.752. The Kier molecular flexibility index (Phi) is 6.80. The van der Waals surface area contributed by atoms with Crippen LogP contribution < -0.4 is 0 Å². The topological polar surface area (TPSA) is 49.8 Å². The Bertz CT molecular complexity index is 283. The van der Waals surface area contributed by atoms with Crippen LogP contribution in [0, 0.1) is 5.92 Å². The molecule has 0 spiro atoms. The van der Waals surface area contributed by atoms with Crippen LogP contribution >= 0.6 is 0 Å². The maximum absolute atomic E-state index is 12.0. The van der Waals surface area contributed by atoms with Crippen LogP contribution in [0.15, 0.2) is 0 Å². The molecule has 4 nitrogen and oxygen atoms in total. The summed E-state index contributed by atoms with van der Waals surface area (Å²) in [6.45, 7) is 7.13. The molecule has 1 fully saturated rings. The van der Waals surface area contributed by atoms with Gasteiger partial charge in [-0.1, -0.05) is 26.7 Å². The normalized spacial score (nSPS) is 26.7. The number of likely N-dealkylation sites (tertiary alicyclic amines) is 1. The predicted octanol–water partition coefficient (Wildman–Crippen LogP) is 2.20. The highest BCUT2D eigenvalue weighted by atomic mass is 16.5. The van der Waals surface area contributed by atoms with Gasteiger partial charge in [0, 0.05) is 6.54 Å². The van der Waals surface area contributed by atoms with Crippen molar-refractivity contribution in [1.82, 2.24) is 4.90 Å². The van der Waals surface area contributed by atoms with Crippen molar-refractivity contribution in [1.29, 1.82) is 0 Å². The minimum absolute atomic E-state index is 0.249. The van der Waals surface area contributed by atoms with Gasteiger partial charge in [0.1, 0.15) is 0 Å². The number of aliphatic hydroxyl groups is 1. The first-order valence-corrected chi connectivity index (χ1v) is 7.60. The number of nitrogens with zero attached hydrogens (tertiary/aromatic N) is 1. The highest BCUT2D eigenvalue weighted by Gasteiger charge is 2.42. The Morgan fingerprint density at radius 2 is 2.11 bits per heavy atom. The van der Waals surface area contributed by atoms with Gasteiger partial charge < -0.3 is 14.7 Å². The minimum atomic E-state index is -0.883. The van der Waals surface area contributed by atoms with Crippen LogP contribution in [0.4, 0.5) is 0 Å². The van der Waals surface area contributed by atoms with Crippen molar-refractivity contribution in [3.05, 3.63) is 0 Å². The van der Waals surface area contributed by atoms with Gasteiger partial charge in [0.2, 0.25) is 0 Å². The molecule has 1 aliphatic rings. The lowest BCUT2D eigenvalue weighted by atomic mass is 9.78. The second-order valence-electron chi connectivity index (χ2n) is 5.61. The van der Waals surface area contributed by atoms with E-state index in [-0.39, 0.29) is 11.9 Å². The van der Waals surface area contributed by atoms with E-state index in [1.165, 1.54) is 7.11 Å². The summed E-state index contributed by atoms with van der Waals surface area (Å²) in [5, 5.41) is 10.9. The fourth-order valence-electron chi connectivity index (χ4n) is 3.02. The second-order valence-corrected chi connectivity index (χ2v) is 5.61. The van der Waals surface area contributed by atoms with E-state index in [4.69, 9.17) is 4.74 Å². The van der Waals surface area contributed by atoms with Crippen LogP contribution in [0.2, 0.25) is 0 Å². The van der Waals surface area contributed by atoms with Crippen LogP contribution in [0.5, 0.6) is 0 Å². The molecule has 1 rings (SSSR count). The number of carbonyl (C=O) groups is 1. The molecule has 0 aromatic carbocycles. The molecule has 2 unspecified atom stereocenters. The molecule has 0 bridgehead atoms. The lowest BCUT2D eigenvalue weighted by Crippen LogP contribution is -2.43. The fraction of sp³-hybridized carbons (Fsp3) is 0.933.